The standard InChI is InChI=1S/C12H19N3O/c1-8(2)11-6-12(14-7-13-11)15-9-4-10(5-9)16-3/h6-10H,4-5H2,1-3H3,(H,13,14,15)/t9-,10+. The molecule has 2 rings (SSSR count). The van der Waals surface area contributed by atoms with Crippen molar-refractivity contribution in [2.45, 2.75) is 44.8 Å². The third-order valence-corrected chi connectivity index (χ3v) is 3.06. The first-order valence-electron chi connectivity index (χ1n) is 5.80. The first kappa shape index (κ1) is 11.3. The zero-order valence-electron chi connectivity index (χ0n) is 10.1. The predicted octanol–water partition coefficient (Wildman–Crippen LogP) is 2.19. The van der Waals surface area contributed by atoms with E-state index in [1.165, 1.54) is 0 Å². The van der Waals surface area contributed by atoms with E-state index in [0.717, 1.165) is 24.4 Å². The summed E-state index contributed by atoms with van der Waals surface area (Å²) >= 11 is 0. The Hall–Kier alpha value is -1.16. The van der Waals surface area contributed by atoms with Crippen LogP contribution in [0.3, 0.4) is 0 Å². The lowest BCUT2D eigenvalue weighted by Crippen LogP contribution is -2.40. The predicted molar refractivity (Wildman–Crippen MR) is 63.6 cm³/mol. The quantitative estimate of drug-likeness (QED) is 0.846. The largest absolute Gasteiger partial charge is 0.381 e. The zero-order valence-corrected chi connectivity index (χ0v) is 10.1. The fourth-order valence-electron chi connectivity index (χ4n) is 1.85. The van der Waals surface area contributed by atoms with Gasteiger partial charge in [0.1, 0.15) is 12.1 Å². The van der Waals surface area contributed by atoms with Gasteiger partial charge in [0.25, 0.3) is 0 Å². The van der Waals surface area contributed by atoms with Gasteiger partial charge in [-0.15, -0.1) is 0 Å². The molecule has 16 heavy (non-hydrogen) atoms. The van der Waals surface area contributed by atoms with Crippen molar-refractivity contribution in [2.24, 2.45) is 0 Å². The number of methoxy groups -OCH3 is 1. The molecule has 0 radical (unpaired) electrons. The highest BCUT2D eigenvalue weighted by molar-refractivity contribution is 5.37. The van der Waals surface area contributed by atoms with E-state index in [2.05, 4.69) is 29.1 Å². The van der Waals surface area contributed by atoms with Crippen molar-refractivity contribution in [3.05, 3.63) is 18.1 Å². The highest BCUT2D eigenvalue weighted by Crippen LogP contribution is 2.26. The van der Waals surface area contributed by atoms with Gasteiger partial charge in [-0.1, -0.05) is 13.8 Å². The fourth-order valence-corrected chi connectivity index (χ4v) is 1.85. The molecule has 1 aromatic heterocycles. The second-order valence-electron chi connectivity index (χ2n) is 4.65. The number of anilines is 1. The maximum Gasteiger partial charge on any atom is 0.129 e. The van der Waals surface area contributed by atoms with Crippen LogP contribution in [0.15, 0.2) is 12.4 Å². The molecule has 0 aromatic carbocycles. The SMILES string of the molecule is CO[C@H]1C[C@@H](Nc2cc(C(C)C)ncn2)C1. The van der Waals surface area contributed by atoms with Crippen LogP contribution in [0.1, 0.15) is 38.3 Å². The van der Waals surface area contributed by atoms with E-state index < -0.39 is 0 Å². The van der Waals surface area contributed by atoms with Gasteiger partial charge in [0, 0.05) is 24.9 Å². The van der Waals surface area contributed by atoms with Gasteiger partial charge in [0.15, 0.2) is 0 Å². The maximum atomic E-state index is 5.24. The van der Waals surface area contributed by atoms with Crippen LogP contribution < -0.4 is 5.32 Å². The fraction of sp³-hybridized carbons (Fsp3) is 0.667. The van der Waals surface area contributed by atoms with Gasteiger partial charge in [0.2, 0.25) is 0 Å². The average Bonchev–Trinajstić information content (AvgIpc) is 2.23. The number of ether oxygens (including phenoxy) is 1. The summed E-state index contributed by atoms with van der Waals surface area (Å²) < 4.78 is 5.24. The second-order valence-corrected chi connectivity index (χ2v) is 4.65. The van der Waals surface area contributed by atoms with Gasteiger partial charge in [-0.25, -0.2) is 9.97 Å². The van der Waals surface area contributed by atoms with Crippen molar-refractivity contribution in [1.29, 1.82) is 0 Å². The summed E-state index contributed by atoms with van der Waals surface area (Å²) in [6.45, 7) is 4.27. The monoisotopic (exact) mass is 221 g/mol. The Morgan fingerprint density at radius 2 is 2.12 bits per heavy atom. The molecule has 1 saturated carbocycles. The number of nitrogens with zero attached hydrogens (tertiary/aromatic N) is 2. The molecule has 0 saturated heterocycles. The topological polar surface area (TPSA) is 47.0 Å². The summed E-state index contributed by atoms with van der Waals surface area (Å²) in [5.41, 5.74) is 1.08. The molecule has 0 aliphatic heterocycles. The van der Waals surface area contributed by atoms with Crippen molar-refractivity contribution in [2.75, 3.05) is 12.4 Å². The molecule has 4 nitrogen and oxygen atoms in total. The highest BCUT2D eigenvalue weighted by Gasteiger charge is 2.29. The molecule has 0 amide bonds. The Labute approximate surface area is 96.4 Å². The zero-order chi connectivity index (χ0) is 11.5. The highest BCUT2D eigenvalue weighted by atomic mass is 16.5. The van der Waals surface area contributed by atoms with Crippen LogP contribution in [0.2, 0.25) is 0 Å². The Balaban J connectivity index is 1.92. The maximum absolute atomic E-state index is 5.24. The summed E-state index contributed by atoms with van der Waals surface area (Å²) in [7, 11) is 1.77. The molecule has 1 N–H and O–H groups in total. The first-order chi connectivity index (χ1) is 7.69. The van der Waals surface area contributed by atoms with Crippen LogP contribution in [-0.2, 0) is 4.74 Å². The molecule has 0 unspecified atom stereocenters. The Bertz CT molecular complexity index is 348. The van der Waals surface area contributed by atoms with Gasteiger partial charge in [0.05, 0.1) is 6.10 Å². The normalized spacial score (nSPS) is 24.2. The molecule has 4 heteroatoms. The van der Waals surface area contributed by atoms with Crippen LogP contribution in [0.4, 0.5) is 5.82 Å². The van der Waals surface area contributed by atoms with Crippen molar-refractivity contribution in [3.8, 4) is 0 Å². The summed E-state index contributed by atoms with van der Waals surface area (Å²) in [5, 5.41) is 3.41. The van der Waals surface area contributed by atoms with Gasteiger partial charge < -0.3 is 10.1 Å². The van der Waals surface area contributed by atoms with Crippen molar-refractivity contribution in [3.63, 3.8) is 0 Å². The molecule has 1 aromatic rings. The Morgan fingerprint density at radius 1 is 1.38 bits per heavy atom. The lowest BCUT2D eigenvalue weighted by Gasteiger charge is -2.34. The van der Waals surface area contributed by atoms with Crippen LogP contribution in [0, 0.1) is 0 Å². The van der Waals surface area contributed by atoms with Gasteiger partial charge >= 0.3 is 0 Å². The van der Waals surface area contributed by atoms with E-state index in [1.807, 2.05) is 6.07 Å². The van der Waals surface area contributed by atoms with Crippen molar-refractivity contribution < 1.29 is 4.74 Å². The van der Waals surface area contributed by atoms with E-state index in [0.29, 0.717) is 18.1 Å². The minimum atomic E-state index is 0.420. The Morgan fingerprint density at radius 3 is 2.75 bits per heavy atom. The molecule has 0 atom stereocenters. The van der Waals surface area contributed by atoms with Crippen LogP contribution in [0.5, 0.6) is 0 Å². The second kappa shape index (κ2) is 4.78. The number of rotatable bonds is 4. The summed E-state index contributed by atoms with van der Waals surface area (Å²) in [5.74, 6) is 1.37. The van der Waals surface area contributed by atoms with Crippen LogP contribution >= 0.6 is 0 Å². The van der Waals surface area contributed by atoms with E-state index in [1.54, 1.807) is 13.4 Å². The number of hydrogen-bond acceptors (Lipinski definition) is 4. The van der Waals surface area contributed by atoms with E-state index in [4.69, 9.17) is 4.74 Å². The summed E-state index contributed by atoms with van der Waals surface area (Å²) in [4.78, 5) is 8.48. The molecule has 0 spiro atoms. The Kier molecular flexibility index (Phi) is 3.39. The lowest BCUT2D eigenvalue weighted by atomic mass is 9.89. The molecule has 1 aliphatic rings. The van der Waals surface area contributed by atoms with Crippen molar-refractivity contribution >= 4 is 5.82 Å². The summed E-state index contributed by atoms with van der Waals surface area (Å²) in [6.07, 6.45) is 4.18. The molecule has 1 fully saturated rings. The molecule has 1 aliphatic carbocycles. The number of aromatic nitrogens is 2. The average molecular weight is 221 g/mol. The third kappa shape index (κ3) is 2.50. The van der Waals surface area contributed by atoms with Gasteiger partial charge in [-0.3, -0.25) is 0 Å². The van der Waals surface area contributed by atoms with E-state index in [9.17, 15) is 0 Å². The van der Waals surface area contributed by atoms with Crippen molar-refractivity contribution in [1.82, 2.24) is 9.97 Å². The molecule has 0 bridgehead atoms. The smallest absolute Gasteiger partial charge is 0.129 e. The molecular formula is C12H19N3O. The van der Waals surface area contributed by atoms with Crippen LogP contribution in [0.25, 0.3) is 0 Å². The number of nitrogens with one attached hydrogen (secondary N) is 1. The first-order valence-corrected chi connectivity index (χ1v) is 5.80. The van der Waals surface area contributed by atoms with E-state index in [-0.39, 0.29) is 0 Å². The van der Waals surface area contributed by atoms with E-state index >= 15 is 0 Å². The van der Waals surface area contributed by atoms with Crippen LogP contribution in [-0.4, -0.2) is 29.2 Å². The minimum Gasteiger partial charge on any atom is -0.381 e. The molecule has 88 valence electrons. The summed E-state index contributed by atoms with van der Waals surface area (Å²) in [6, 6.07) is 2.53. The van der Waals surface area contributed by atoms with Gasteiger partial charge in [-0.05, 0) is 18.8 Å². The molecule has 1 heterocycles. The third-order valence-electron chi connectivity index (χ3n) is 3.06. The minimum absolute atomic E-state index is 0.420. The van der Waals surface area contributed by atoms with Gasteiger partial charge in [-0.2, -0.15) is 0 Å². The molecular weight excluding hydrogens is 202 g/mol. The number of hydrogen-bond donors (Lipinski definition) is 1. The lowest BCUT2D eigenvalue weighted by molar-refractivity contribution is 0.0328.